The number of imide groups is 1. The molecule has 0 radical (unpaired) electrons. The van der Waals surface area contributed by atoms with E-state index in [1.807, 2.05) is 62.4 Å². The number of carbonyl (C=O) groups is 2. The van der Waals surface area contributed by atoms with Crippen molar-refractivity contribution in [1.29, 1.82) is 0 Å². The SMILES string of the molecule is CC[C@@H](C#Cc1ccccc1)[C@@]1(C)C(=O)N(C(=O)OC(C)(C)C)c2ccccc21. The molecule has 1 aliphatic heterocycles. The van der Waals surface area contributed by atoms with Gasteiger partial charge in [-0.2, -0.15) is 0 Å². The van der Waals surface area contributed by atoms with Crippen LogP contribution in [0.3, 0.4) is 0 Å². The Morgan fingerprint density at radius 1 is 1.10 bits per heavy atom. The van der Waals surface area contributed by atoms with Crippen molar-refractivity contribution >= 4 is 17.7 Å². The van der Waals surface area contributed by atoms with E-state index < -0.39 is 17.1 Å². The van der Waals surface area contributed by atoms with E-state index in [0.29, 0.717) is 12.1 Å². The molecule has 0 spiro atoms. The van der Waals surface area contributed by atoms with Gasteiger partial charge in [0.2, 0.25) is 5.91 Å². The van der Waals surface area contributed by atoms with Gasteiger partial charge in [-0.1, -0.05) is 55.2 Å². The Hall–Kier alpha value is -3.06. The zero-order valence-corrected chi connectivity index (χ0v) is 17.7. The Labute approximate surface area is 172 Å². The number of ether oxygens (including phenoxy) is 1. The van der Waals surface area contributed by atoms with Crippen LogP contribution in [0.15, 0.2) is 54.6 Å². The molecule has 0 aromatic heterocycles. The Morgan fingerprint density at radius 3 is 2.34 bits per heavy atom. The number of fused-ring (bicyclic) bond motifs is 1. The van der Waals surface area contributed by atoms with Crippen molar-refractivity contribution in [3.05, 3.63) is 65.7 Å². The molecular weight excluding hydrogens is 362 g/mol. The van der Waals surface area contributed by atoms with Gasteiger partial charge in [0.25, 0.3) is 0 Å². The first-order chi connectivity index (χ1) is 13.7. The lowest BCUT2D eigenvalue weighted by molar-refractivity contribution is -0.123. The van der Waals surface area contributed by atoms with Gasteiger partial charge in [-0.15, -0.1) is 0 Å². The molecule has 0 unspecified atom stereocenters. The van der Waals surface area contributed by atoms with E-state index in [1.165, 1.54) is 4.90 Å². The Bertz CT molecular complexity index is 978. The quantitative estimate of drug-likeness (QED) is 0.655. The summed E-state index contributed by atoms with van der Waals surface area (Å²) < 4.78 is 5.52. The number of rotatable bonds is 2. The van der Waals surface area contributed by atoms with Crippen LogP contribution in [0.1, 0.15) is 52.2 Å². The van der Waals surface area contributed by atoms with Gasteiger partial charge in [-0.25, -0.2) is 9.69 Å². The van der Waals surface area contributed by atoms with Crippen LogP contribution < -0.4 is 4.90 Å². The predicted octanol–water partition coefficient (Wildman–Crippen LogP) is 5.30. The van der Waals surface area contributed by atoms with Crippen LogP contribution in [0.2, 0.25) is 0 Å². The fourth-order valence-electron chi connectivity index (χ4n) is 3.74. The van der Waals surface area contributed by atoms with Gasteiger partial charge in [0.05, 0.1) is 11.1 Å². The molecule has 2 atom stereocenters. The maximum absolute atomic E-state index is 13.6. The molecule has 150 valence electrons. The number of hydrogen-bond acceptors (Lipinski definition) is 3. The molecule has 4 heteroatoms. The summed E-state index contributed by atoms with van der Waals surface area (Å²) >= 11 is 0. The van der Waals surface area contributed by atoms with E-state index in [9.17, 15) is 9.59 Å². The first-order valence-electron chi connectivity index (χ1n) is 9.92. The summed E-state index contributed by atoms with van der Waals surface area (Å²) in [6.07, 6.45) is 0.0306. The highest BCUT2D eigenvalue weighted by Crippen LogP contribution is 2.47. The highest BCUT2D eigenvalue weighted by molar-refractivity contribution is 6.21. The molecule has 0 saturated carbocycles. The number of carbonyl (C=O) groups excluding carboxylic acids is 2. The Kier molecular flexibility index (Phi) is 5.53. The summed E-state index contributed by atoms with van der Waals surface area (Å²) in [4.78, 5) is 27.6. The maximum atomic E-state index is 13.6. The van der Waals surface area contributed by atoms with Crippen molar-refractivity contribution in [3.8, 4) is 11.8 Å². The average molecular weight is 389 g/mol. The largest absolute Gasteiger partial charge is 0.443 e. The van der Waals surface area contributed by atoms with Gasteiger partial charge in [-0.3, -0.25) is 4.79 Å². The molecule has 3 rings (SSSR count). The third-order valence-corrected chi connectivity index (χ3v) is 5.20. The number of nitrogens with zero attached hydrogens (tertiary/aromatic N) is 1. The lowest BCUT2D eigenvalue weighted by Gasteiger charge is -2.29. The zero-order valence-electron chi connectivity index (χ0n) is 17.7. The number of hydrogen-bond donors (Lipinski definition) is 0. The maximum Gasteiger partial charge on any atom is 0.421 e. The van der Waals surface area contributed by atoms with Crippen molar-refractivity contribution in [2.75, 3.05) is 4.90 Å². The summed E-state index contributed by atoms with van der Waals surface area (Å²) in [6.45, 7) is 9.26. The molecule has 0 saturated heterocycles. The smallest absolute Gasteiger partial charge is 0.421 e. The molecule has 4 nitrogen and oxygen atoms in total. The zero-order chi connectivity index (χ0) is 21.2. The van der Waals surface area contributed by atoms with Crippen LogP contribution in [0.25, 0.3) is 0 Å². The predicted molar refractivity (Wildman–Crippen MR) is 115 cm³/mol. The lowest BCUT2D eigenvalue weighted by Crippen LogP contribution is -2.47. The first kappa shape index (κ1) is 20.7. The molecule has 1 heterocycles. The van der Waals surface area contributed by atoms with E-state index in [1.54, 1.807) is 26.8 Å². The standard InChI is InChI=1S/C25H27NO3/c1-6-19(17-16-18-12-8-7-9-13-18)25(5)20-14-10-11-15-21(20)26(22(25)27)23(28)29-24(2,3)4/h7-15,19H,6H2,1-5H3/t19-,25+/m0/s1. The van der Waals surface area contributed by atoms with Crippen LogP contribution in [0, 0.1) is 17.8 Å². The minimum atomic E-state index is -0.927. The number of para-hydroxylation sites is 1. The van der Waals surface area contributed by atoms with Crippen molar-refractivity contribution in [1.82, 2.24) is 0 Å². The number of amides is 2. The van der Waals surface area contributed by atoms with Crippen LogP contribution in [-0.2, 0) is 14.9 Å². The summed E-state index contributed by atoms with van der Waals surface area (Å²) in [5, 5.41) is 0. The molecule has 0 aliphatic carbocycles. The minimum Gasteiger partial charge on any atom is -0.443 e. The molecule has 0 N–H and O–H groups in total. The van der Waals surface area contributed by atoms with Gasteiger partial charge in [-0.05, 0) is 57.9 Å². The summed E-state index contributed by atoms with van der Waals surface area (Å²) in [5.74, 6) is 5.96. The van der Waals surface area contributed by atoms with E-state index in [-0.39, 0.29) is 11.8 Å². The average Bonchev–Trinajstić information content (AvgIpc) is 2.90. The van der Waals surface area contributed by atoms with E-state index in [2.05, 4.69) is 11.8 Å². The highest BCUT2D eigenvalue weighted by Gasteiger charge is 2.54. The van der Waals surface area contributed by atoms with Crippen LogP contribution >= 0.6 is 0 Å². The molecule has 2 amide bonds. The summed E-state index contributed by atoms with van der Waals surface area (Å²) in [7, 11) is 0. The molecule has 0 fully saturated rings. The minimum absolute atomic E-state index is 0.246. The molecule has 0 bridgehead atoms. The molecule has 2 aromatic carbocycles. The Morgan fingerprint density at radius 2 is 1.72 bits per heavy atom. The van der Waals surface area contributed by atoms with Crippen LogP contribution in [0.4, 0.5) is 10.5 Å². The fourth-order valence-corrected chi connectivity index (χ4v) is 3.74. The third-order valence-electron chi connectivity index (χ3n) is 5.20. The second kappa shape index (κ2) is 7.75. The third kappa shape index (κ3) is 3.91. The van der Waals surface area contributed by atoms with Crippen molar-refractivity contribution in [3.63, 3.8) is 0 Å². The molecule has 2 aromatic rings. The first-order valence-corrected chi connectivity index (χ1v) is 9.92. The van der Waals surface area contributed by atoms with Crippen molar-refractivity contribution in [2.45, 2.75) is 52.1 Å². The number of anilines is 1. The van der Waals surface area contributed by atoms with Crippen molar-refractivity contribution < 1.29 is 14.3 Å². The van der Waals surface area contributed by atoms with Gasteiger partial charge in [0.15, 0.2) is 0 Å². The van der Waals surface area contributed by atoms with E-state index in [0.717, 1.165) is 11.1 Å². The normalized spacial score (nSPS) is 19.2. The second-order valence-corrected chi connectivity index (χ2v) is 8.44. The van der Waals surface area contributed by atoms with Gasteiger partial charge in [0.1, 0.15) is 5.60 Å². The van der Waals surface area contributed by atoms with E-state index in [4.69, 9.17) is 4.74 Å². The molecule has 29 heavy (non-hydrogen) atoms. The second-order valence-electron chi connectivity index (χ2n) is 8.44. The molecular formula is C25H27NO3. The van der Waals surface area contributed by atoms with Gasteiger partial charge < -0.3 is 4.74 Å². The summed E-state index contributed by atoms with van der Waals surface area (Å²) in [5.41, 5.74) is 0.670. The van der Waals surface area contributed by atoms with Crippen LogP contribution in [0.5, 0.6) is 0 Å². The lowest BCUT2D eigenvalue weighted by atomic mass is 9.71. The summed E-state index contributed by atoms with van der Waals surface area (Å²) in [6, 6.07) is 17.1. The molecule has 1 aliphatic rings. The van der Waals surface area contributed by atoms with E-state index >= 15 is 0 Å². The van der Waals surface area contributed by atoms with Crippen molar-refractivity contribution in [2.24, 2.45) is 5.92 Å². The van der Waals surface area contributed by atoms with Gasteiger partial charge in [0, 0.05) is 11.5 Å². The van der Waals surface area contributed by atoms with Crippen LogP contribution in [-0.4, -0.2) is 17.6 Å². The topological polar surface area (TPSA) is 46.6 Å². The fraction of sp³-hybridized carbons (Fsp3) is 0.360. The number of benzene rings is 2. The Balaban J connectivity index is 2.05. The monoisotopic (exact) mass is 389 g/mol. The highest BCUT2D eigenvalue weighted by atomic mass is 16.6. The van der Waals surface area contributed by atoms with Gasteiger partial charge >= 0.3 is 6.09 Å².